The molecule has 102 valence electrons. The molecule has 0 heterocycles. The molecule has 0 fully saturated rings. The second-order valence-corrected chi connectivity index (χ2v) is 4.95. The molecule has 1 amide bonds. The molecule has 0 aliphatic rings. The normalized spacial score (nSPS) is 12.1. The maximum absolute atomic E-state index is 12.6. The van der Waals surface area contributed by atoms with E-state index in [2.05, 4.69) is 10.0 Å². The third-order valence-electron chi connectivity index (χ3n) is 2.88. The molecule has 1 aromatic carbocycles. The molecule has 0 aliphatic heterocycles. The van der Waals surface area contributed by atoms with Crippen molar-refractivity contribution in [3.05, 3.63) is 46.3 Å². The van der Waals surface area contributed by atoms with Crippen LogP contribution in [-0.2, 0) is 4.79 Å². The zero-order valence-corrected chi connectivity index (χ0v) is 11.8. The number of carbonyl (C=O) groups excluding carboxylic acids is 1. The summed E-state index contributed by atoms with van der Waals surface area (Å²) in [5, 5.41) is 3.67. The topological polar surface area (TPSA) is 69.1 Å². The number of carbonyl (C=O) groups is 1. The summed E-state index contributed by atoms with van der Waals surface area (Å²) in [4.78, 5) is 17.1. The highest BCUT2D eigenvalue weighted by atomic mass is 16.2. The van der Waals surface area contributed by atoms with Crippen molar-refractivity contribution < 1.29 is 4.79 Å². The largest absolute Gasteiger partial charge is 0.337 e. The minimum atomic E-state index is -0.795. The summed E-state index contributed by atoms with van der Waals surface area (Å²) >= 11 is 0. The molecule has 5 heteroatoms. The molecule has 19 heavy (non-hydrogen) atoms. The molecule has 1 unspecified atom stereocenters. The minimum absolute atomic E-state index is 0.0626. The standard InChI is InChI=1S/C14H20N4O/c1-10(2)18(11(3)4)14(19)13(16-17-15)12-8-6-5-7-9-12/h5-11,13H,1-4H3. The fourth-order valence-electron chi connectivity index (χ4n) is 2.19. The summed E-state index contributed by atoms with van der Waals surface area (Å²) in [6.07, 6.45) is 0. The molecule has 0 N–H and O–H groups in total. The van der Waals surface area contributed by atoms with Gasteiger partial charge in [-0.3, -0.25) is 4.79 Å². The number of hydrogen-bond donors (Lipinski definition) is 0. The Bertz CT molecular complexity index is 456. The number of benzene rings is 1. The summed E-state index contributed by atoms with van der Waals surface area (Å²) in [6, 6.07) is 8.46. The zero-order chi connectivity index (χ0) is 14.4. The fourth-order valence-corrected chi connectivity index (χ4v) is 2.19. The van der Waals surface area contributed by atoms with Crippen LogP contribution in [0.25, 0.3) is 10.4 Å². The summed E-state index contributed by atoms with van der Waals surface area (Å²) in [5.74, 6) is -0.158. The number of nitrogens with zero attached hydrogens (tertiary/aromatic N) is 4. The van der Waals surface area contributed by atoms with Crippen molar-refractivity contribution >= 4 is 5.91 Å². The summed E-state index contributed by atoms with van der Waals surface area (Å²) < 4.78 is 0. The maximum Gasteiger partial charge on any atom is 0.236 e. The Balaban J connectivity index is 3.13. The second-order valence-electron chi connectivity index (χ2n) is 4.95. The van der Waals surface area contributed by atoms with Crippen LogP contribution in [0.15, 0.2) is 35.4 Å². The third kappa shape index (κ3) is 3.73. The van der Waals surface area contributed by atoms with Crippen molar-refractivity contribution in [2.45, 2.75) is 45.8 Å². The third-order valence-corrected chi connectivity index (χ3v) is 2.88. The van der Waals surface area contributed by atoms with Gasteiger partial charge in [0.1, 0.15) is 6.04 Å². The molecular formula is C14H20N4O. The van der Waals surface area contributed by atoms with E-state index >= 15 is 0 Å². The first-order valence-electron chi connectivity index (χ1n) is 6.40. The smallest absolute Gasteiger partial charge is 0.236 e. The van der Waals surface area contributed by atoms with E-state index in [1.54, 1.807) is 17.0 Å². The molecule has 1 atom stereocenters. The molecule has 0 spiro atoms. The van der Waals surface area contributed by atoms with Crippen molar-refractivity contribution in [3.63, 3.8) is 0 Å². The van der Waals surface area contributed by atoms with E-state index in [4.69, 9.17) is 5.53 Å². The van der Waals surface area contributed by atoms with Gasteiger partial charge in [-0.1, -0.05) is 35.4 Å². The molecule has 1 aromatic rings. The van der Waals surface area contributed by atoms with Crippen molar-refractivity contribution in [2.24, 2.45) is 5.11 Å². The zero-order valence-electron chi connectivity index (χ0n) is 11.8. The molecule has 0 saturated carbocycles. The Morgan fingerprint density at radius 2 is 1.68 bits per heavy atom. The lowest BCUT2D eigenvalue weighted by atomic mass is 10.0. The van der Waals surface area contributed by atoms with Crippen molar-refractivity contribution in [2.75, 3.05) is 0 Å². The van der Waals surface area contributed by atoms with Crippen LogP contribution in [0.4, 0.5) is 0 Å². The monoisotopic (exact) mass is 260 g/mol. The first-order chi connectivity index (χ1) is 8.99. The predicted molar refractivity (Wildman–Crippen MR) is 75.4 cm³/mol. The van der Waals surface area contributed by atoms with Crippen LogP contribution in [-0.4, -0.2) is 22.9 Å². The molecule has 0 bridgehead atoms. The molecule has 0 saturated heterocycles. The maximum atomic E-state index is 12.6. The van der Waals surface area contributed by atoms with Crippen LogP contribution in [0, 0.1) is 0 Å². The van der Waals surface area contributed by atoms with Gasteiger partial charge in [-0.2, -0.15) is 0 Å². The van der Waals surface area contributed by atoms with E-state index in [0.717, 1.165) is 5.56 Å². The summed E-state index contributed by atoms with van der Waals surface area (Å²) in [6.45, 7) is 7.82. The van der Waals surface area contributed by atoms with Gasteiger partial charge >= 0.3 is 0 Å². The SMILES string of the molecule is CC(C)N(C(=O)C(N=[N+]=[N-])c1ccccc1)C(C)C. The average molecular weight is 260 g/mol. The van der Waals surface area contributed by atoms with Crippen LogP contribution in [0.3, 0.4) is 0 Å². The van der Waals surface area contributed by atoms with Gasteiger partial charge in [-0.15, -0.1) is 0 Å². The van der Waals surface area contributed by atoms with E-state index in [0.29, 0.717) is 0 Å². The van der Waals surface area contributed by atoms with Gasteiger partial charge in [0.25, 0.3) is 0 Å². The van der Waals surface area contributed by atoms with E-state index < -0.39 is 6.04 Å². The van der Waals surface area contributed by atoms with Crippen LogP contribution in [0.1, 0.15) is 39.3 Å². The summed E-state index contributed by atoms with van der Waals surface area (Å²) in [7, 11) is 0. The Hall–Kier alpha value is -2.00. The lowest BCUT2D eigenvalue weighted by molar-refractivity contribution is -0.136. The number of azide groups is 1. The Kier molecular flexibility index (Phi) is 5.39. The van der Waals surface area contributed by atoms with Gasteiger partial charge in [-0.25, -0.2) is 0 Å². The highest BCUT2D eigenvalue weighted by Gasteiger charge is 2.28. The minimum Gasteiger partial charge on any atom is -0.337 e. The van der Waals surface area contributed by atoms with Crippen LogP contribution in [0.2, 0.25) is 0 Å². The number of amides is 1. The van der Waals surface area contributed by atoms with Gasteiger partial charge in [0.05, 0.1) is 0 Å². The number of rotatable bonds is 5. The van der Waals surface area contributed by atoms with E-state index in [-0.39, 0.29) is 18.0 Å². The van der Waals surface area contributed by atoms with Crippen molar-refractivity contribution in [1.82, 2.24) is 4.90 Å². The molecule has 0 aromatic heterocycles. The summed E-state index contributed by atoms with van der Waals surface area (Å²) in [5.41, 5.74) is 9.41. The molecule has 5 nitrogen and oxygen atoms in total. The predicted octanol–water partition coefficient (Wildman–Crippen LogP) is 3.68. The van der Waals surface area contributed by atoms with E-state index in [9.17, 15) is 4.79 Å². The van der Waals surface area contributed by atoms with Gasteiger partial charge in [0, 0.05) is 17.0 Å². The first-order valence-corrected chi connectivity index (χ1v) is 6.40. The molecule has 1 rings (SSSR count). The molecule has 0 aliphatic carbocycles. The molecular weight excluding hydrogens is 240 g/mol. The van der Waals surface area contributed by atoms with E-state index in [1.807, 2.05) is 45.9 Å². The van der Waals surface area contributed by atoms with Crippen LogP contribution < -0.4 is 0 Å². The lowest BCUT2D eigenvalue weighted by Crippen LogP contribution is -2.44. The molecule has 0 radical (unpaired) electrons. The van der Waals surface area contributed by atoms with Gasteiger partial charge < -0.3 is 4.90 Å². The quantitative estimate of drug-likeness (QED) is 0.452. The highest BCUT2D eigenvalue weighted by Crippen LogP contribution is 2.22. The highest BCUT2D eigenvalue weighted by molar-refractivity contribution is 5.84. The van der Waals surface area contributed by atoms with Crippen LogP contribution >= 0.6 is 0 Å². The van der Waals surface area contributed by atoms with Crippen LogP contribution in [0.5, 0.6) is 0 Å². The Morgan fingerprint density at radius 3 is 2.11 bits per heavy atom. The lowest BCUT2D eigenvalue weighted by Gasteiger charge is -2.33. The van der Waals surface area contributed by atoms with E-state index in [1.165, 1.54) is 0 Å². The average Bonchev–Trinajstić information content (AvgIpc) is 2.36. The van der Waals surface area contributed by atoms with Gasteiger partial charge in [0.15, 0.2) is 0 Å². The Morgan fingerprint density at radius 1 is 1.16 bits per heavy atom. The first kappa shape index (κ1) is 15.1. The number of hydrogen-bond acceptors (Lipinski definition) is 2. The van der Waals surface area contributed by atoms with Crippen molar-refractivity contribution in [1.29, 1.82) is 0 Å². The second kappa shape index (κ2) is 6.81. The fraction of sp³-hybridized carbons (Fsp3) is 0.500. The Labute approximate surface area is 113 Å². The van der Waals surface area contributed by atoms with Crippen molar-refractivity contribution in [3.8, 4) is 0 Å². The van der Waals surface area contributed by atoms with Gasteiger partial charge in [0.2, 0.25) is 5.91 Å². The van der Waals surface area contributed by atoms with Gasteiger partial charge in [-0.05, 0) is 38.8 Å².